The molecule has 3 heteroatoms. The lowest BCUT2D eigenvalue weighted by Crippen LogP contribution is -2.36. The molecule has 1 aliphatic rings. The van der Waals surface area contributed by atoms with Crippen LogP contribution in [0.25, 0.3) is 0 Å². The fourth-order valence-electron chi connectivity index (χ4n) is 1.38. The maximum Gasteiger partial charge on any atom is 0.207 e. The van der Waals surface area contributed by atoms with Crippen LogP contribution in [-0.4, -0.2) is 18.5 Å². The SMILES string of the molecule is N[C@H]1CC[C@H](NC=O)CC1. The zero-order valence-electron chi connectivity index (χ0n) is 6.05. The Hall–Kier alpha value is -0.570. The Morgan fingerprint density at radius 1 is 1.30 bits per heavy atom. The number of nitrogens with one attached hydrogen (secondary N) is 1. The lowest BCUT2D eigenvalue weighted by atomic mass is 9.92. The van der Waals surface area contributed by atoms with Gasteiger partial charge < -0.3 is 11.1 Å². The Morgan fingerprint density at radius 3 is 2.40 bits per heavy atom. The molecule has 58 valence electrons. The summed E-state index contributed by atoms with van der Waals surface area (Å²) in [7, 11) is 0. The van der Waals surface area contributed by atoms with Crippen LogP contribution >= 0.6 is 0 Å². The Bertz CT molecular complexity index is 108. The smallest absolute Gasteiger partial charge is 0.207 e. The molecule has 0 aromatic carbocycles. The molecule has 0 spiro atoms. The van der Waals surface area contributed by atoms with Crippen LogP contribution in [0, 0.1) is 0 Å². The summed E-state index contributed by atoms with van der Waals surface area (Å²) in [6.07, 6.45) is 4.96. The average Bonchev–Trinajstić information content (AvgIpc) is 1.95. The first-order chi connectivity index (χ1) is 4.83. The van der Waals surface area contributed by atoms with Gasteiger partial charge in [0.15, 0.2) is 0 Å². The molecule has 0 heterocycles. The van der Waals surface area contributed by atoms with Crippen molar-refractivity contribution in [1.82, 2.24) is 5.32 Å². The molecule has 1 saturated carbocycles. The second kappa shape index (κ2) is 3.56. The second-order valence-electron chi connectivity index (χ2n) is 2.90. The summed E-state index contributed by atoms with van der Waals surface area (Å²) in [6.45, 7) is 0. The Balaban J connectivity index is 2.19. The van der Waals surface area contributed by atoms with Crippen LogP contribution < -0.4 is 11.1 Å². The van der Waals surface area contributed by atoms with Crippen LogP contribution in [0.4, 0.5) is 0 Å². The van der Waals surface area contributed by atoms with Gasteiger partial charge in [-0.25, -0.2) is 0 Å². The number of carbonyl (C=O) groups excluding carboxylic acids is 1. The lowest BCUT2D eigenvalue weighted by molar-refractivity contribution is -0.110. The van der Waals surface area contributed by atoms with Crippen molar-refractivity contribution in [3.8, 4) is 0 Å². The minimum absolute atomic E-state index is 0.365. The number of carbonyl (C=O) groups is 1. The summed E-state index contributed by atoms with van der Waals surface area (Å²) in [5.74, 6) is 0. The predicted molar refractivity (Wildman–Crippen MR) is 39.4 cm³/mol. The molecular weight excluding hydrogens is 128 g/mol. The maximum absolute atomic E-state index is 10.0. The highest BCUT2D eigenvalue weighted by molar-refractivity contribution is 5.46. The van der Waals surface area contributed by atoms with E-state index >= 15 is 0 Å². The van der Waals surface area contributed by atoms with E-state index in [4.69, 9.17) is 5.73 Å². The number of rotatable bonds is 2. The van der Waals surface area contributed by atoms with E-state index in [9.17, 15) is 4.79 Å². The summed E-state index contributed by atoms with van der Waals surface area (Å²) in [6, 6.07) is 0.752. The molecule has 10 heavy (non-hydrogen) atoms. The molecule has 0 unspecified atom stereocenters. The Kier molecular flexibility index (Phi) is 2.68. The van der Waals surface area contributed by atoms with Crippen molar-refractivity contribution in [2.75, 3.05) is 0 Å². The molecule has 1 amide bonds. The van der Waals surface area contributed by atoms with Gasteiger partial charge in [0, 0.05) is 12.1 Å². The van der Waals surface area contributed by atoms with Crippen molar-refractivity contribution in [3.63, 3.8) is 0 Å². The summed E-state index contributed by atoms with van der Waals surface area (Å²) >= 11 is 0. The highest BCUT2D eigenvalue weighted by atomic mass is 16.1. The number of hydrogen-bond acceptors (Lipinski definition) is 2. The van der Waals surface area contributed by atoms with E-state index in [0.717, 1.165) is 32.1 Å². The topological polar surface area (TPSA) is 55.1 Å². The standard InChI is InChI=1S/C7H14N2O/c8-6-1-3-7(4-2-6)9-5-10/h5-7H,1-4,8H2,(H,9,10)/t6-,7-. The van der Waals surface area contributed by atoms with Gasteiger partial charge in [-0.15, -0.1) is 0 Å². The van der Waals surface area contributed by atoms with Gasteiger partial charge in [0.25, 0.3) is 0 Å². The molecular formula is C7H14N2O. The van der Waals surface area contributed by atoms with Crippen molar-refractivity contribution in [3.05, 3.63) is 0 Å². The molecule has 0 atom stereocenters. The van der Waals surface area contributed by atoms with E-state index in [0.29, 0.717) is 12.1 Å². The van der Waals surface area contributed by atoms with Crippen molar-refractivity contribution >= 4 is 6.41 Å². The Labute approximate surface area is 61.0 Å². The highest BCUT2D eigenvalue weighted by Gasteiger charge is 2.16. The van der Waals surface area contributed by atoms with Crippen LogP contribution in [0.3, 0.4) is 0 Å². The summed E-state index contributed by atoms with van der Waals surface area (Å²) in [5, 5.41) is 2.77. The summed E-state index contributed by atoms with van der Waals surface area (Å²) < 4.78 is 0. The van der Waals surface area contributed by atoms with Gasteiger partial charge >= 0.3 is 0 Å². The van der Waals surface area contributed by atoms with Crippen molar-refractivity contribution in [2.45, 2.75) is 37.8 Å². The van der Waals surface area contributed by atoms with E-state index < -0.39 is 0 Å². The fraction of sp³-hybridized carbons (Fsp3) is 0.857. The molecule has 0 aliphatic heterocycles. The number of nitrogens with two attached hydrogens (primary N) is 1. The van der Waals surface area contributed by atoms with Crippen LogP contribution in [0.15, 0.2) is 0 Å². The minimum Gasteiger partial charge on any atom is -0.356 e. The molecule has 1 fully saturated rings. The first-order valence-corrected chi connectivity index (χ1v) is 3.78. The monoisotopic (exact) mass is 142 g/mol. The third kappa shape index (κ3) is 1.99. The van der Waals surface area contributed by atoms with E-state index in [1.807, 2.05) is 0 Å². The molecule has 0 aromatic heterocycles. The first kappa shape index (κ1) is 7.54. The molecule has 0 bridgehead atoms. The zero-order chi connectivity index (χ0) is 7.40. The normalized spacial score (nSPS) is 33.3. The second-order valence-corrected chi connectivity index (χ2v) is 2.90. The van der Waals surface area contributed by atoms with Gasteiger partial charge in [-0.1, -0.05) is 0 Å². The van der Waals surface area contributed by atoms with Gasteiger partial charge in [-0.2, -0.15) is 0 Å². The van der Waals surface area contributed by atoms with Gasteiger partial charge in [-0.05, 0) is 25.7 Å². The van der Waals surface area contributed by atoms with Crippen LogP contribution in [0.1, 0.15) is 25.7 Å². The van der Waals surface area contributed by atoms with Gasteiger partial charge in [0.1, 0.15) is 0 Å². The van der Waals surface area contributed by atoms with E-state index in [-0.39, 0.29) is 0 Å². The van der Waals surface area contributed by atoms with Crippen LogP contribution in [-0.2, 0) is 4.79 Å². The molecule has 1 aliphatic carbocycles. The van der Waals surface area contributed by atoms with Crippen molar-refractivity contribution in [2.24, 2.45) is 5.73 Å². The zero-order valence-corrected chi connectivity index (χ0v) is 6.05. The summed E-state index contributed by atoms with van der Waals surface area (Å²) in [5.41, 5.74) is 5.68. The predicted octanol–water partition coefficient (Wildman–Crippen LogP) is 0.00230. The minimum atomic E-state index is 0.365. The maximum atomic E-state index is 10.0. The fourth-order valence-corrected chi connectivity index (χ4v) is 1.38. The molecule has 0 aromatic rings. The average molecular weight is 142 g/mol. The van der Waals surface area contributed by atoms with Gasteiger partial charge in [-0.3, -0.25) is 4.79 Å². The van der Waals surface area contributed by atoms with Crippen molar-refractivity contribution < 1.29 is 4.79 Å². The molecule has 0 radical (unpaired) electrons. The lowest BCUT2D eigenvalue weighted by Gasteiger charge is -2.25. The van der Waals surface area contributed by atoms with E-state index in [2.05, 4.69) is 5.32 Å². The molecule has 3 nitrogen and oxygen atoms in total. The van der Waals surface area contributed by atoms with Crippen LogP contribution in [0.2, 0.25) is 0 Å². The summed E-state index contributed by atoms with van der Waals surface area (Å²) in [4.78, 5) is 10.0. The first-order valence-electron chi connectivity index (χ1n) is 3.78. The molecule has 3 N–H and O–H groups in total. The quantitative estimate of drug-likeness (QED) is 0.533. The van der Waals surface area contributed by atoms with Gasteiger partial charge in [0.05, 0.1) is 0 Å². The third-order valence-corrected chi connectivity index (χ3v) is 2.08. The van der Waals surface area contributed by atoms with Crippen molar-refractivity contribution in [1.29, 1.82) is 0 Å². The van der Waals surface area contributed by atoms with Gasteiger partial charge in [0.2, 0.25) is 6.41 Å². The third-order valence-electron chi connectivity index (χ3n) is 2.08. The van der Waals surface area contributed by atoms with Crippen LogP contribution in [0.5, 0.6) is 0 Å². The highest BCUT2D eigenvalue weighted by Crippen LogP contribution is 2.15. The Morgan fingerprint density at radius 2 is 1.90 bits per heavy atom. The molecule has 0 saturated heterocycles. The largest absolute Gasteiger partial charge is 0.356 e. The number of amides is 1. The molecule has 1 rings (SSSR count). The van der Waals surface area contributed by atoms with E-state index in [1.54, 1.807) is 0 Å². The number of hydrogen-bond donors (Lipinski definition) is 2. The van der Waals surface area contributed by atoms with E-state index in [1.165, 1.54) is 0 Å².